The first-order valence-electron chi connectivity index (χ1n) is 8.44. The zero-order valence-corrected chi connectivity index (χ0v) is 13.7. The van der Waals surface area contributed by atoms with E-state index in [2.05, 4.69) is 45.7 Å². The summed E-state index contributed by atoms with van der Waals surface area (Å²) in [6, 6.07) is 16.8. The Morgan fingerprint density at radius 2 is 1.79 bits per heavy atom. The number of rotatable bonds is 4. The lowest BCUT2D eigenvalue weighted by Gasteiger charge is -2.26. The van der Waals surface area contributed by atoms with Crippen molar-refractivity contribution in [2.24, 2.45) is 0 Å². The van der Waals surface area contributed by atoms with Crippen molar-refractivity contribution in [2.75, 3.05) is 26.3 Å². The number of fused-ring (bicyclic) bond motifs is 1. The van der Waals surface area contributed by atoms with E-state index in [9.17, 15) is 5.11 Å². The van der Waals surface area contributed by atoms with Gasteiger partial charge in [0.25, 0.3) is 0 Å². The van der Waals surface area contributed by atoms with Crippen LogP contribution in [-0.2, 0) is 17.9 Å². The number of ether oxygens (including phenoxy) is 1. The number of hydrogen-bond acceptors (Lipinski definition) is 3. The fraction of sp³-hybridized carbons (Fsp3) is 0.300. The second kappa shape index (κ2) is 6.77. The highest BCUT2D eigenvalue weighted by Gasteiger charge is 2.13. The molecule has 124 valence electrons. The number of aromatic nitrogens is 1. The lowest BCUT2D eigenvalue weighted by molar-refractivity contribution is 0.0342. The van der Waals surface area contributed by atoms with Gasteiger partial charge in [-0.15, -0.1) is 0 Å². The average Bonchev–Trinajstić information content (AvgIpc) is 3.02. The molecule has 0 amide bonds. The Bertz CT molecular complexity index is 817. The summed E-state index contributed by atoms with van der Waals surface area (Å²) in [6.07, 6.45) is 2.05. The lowest BCUT2D eigenvalue weighted by Crippen LogP contribution is -2.35. The molecule has 0 unspecified atom stereocenters. The lowest BCUT2D eigenvalue weighted by atomic mass is 10.1. The summed E-state index contributed by atoms with van der Waals surface area (Å²) in [7, 11) is 0. The summed E-state index contributed by atoms with van der Waals surface area (Å²) in [5, 5.41) is 9.72. The van der Waals surface area contributed by atoms with Gasteiger partial charge in [0.1, 0.15) is 0 Å². The minimum absolute atomic E-state index is 0.0482. The molecule has 1 aliphatic rings. The molecule has 0 saturated carbocycles. The third-order valence-electron chi connectivity index (χ3n) is 4.67. The Morgan fingerprint density at radius 1 is 1.00 bits per heavy atom. The van der Waals surface area contributed by atoms with Gasteiger partial charge in [-0.3, -0.25) is 4.90 Å². The van der Waals surface area contributed by atoms with Crippen molar-refractivity contribution in [3.05, 3.63) is 65.9 Å². The van der Waals surface area contributed by atoms with E-state index in [1.54, 1.807) is 0 Å². The molecule has 1 aromatic carbocycles. The molecule has 3 aromatic rings. The first kappa shape index (κ1) is 15.4. The van der Waals surface area contributed by atoms with Crippen LogP contribution in [0.3, 0.4) is 0 Å². The highest BCUT2D eigenvalue weighted by molar-refractivity contribution is 5.71. The molecule has 0 aliphatic carbocycles. The van der Waals surface area contributed by atoms with E-state index in [1.807, 2.05) is 18.3 Å². The van der Waals surface area contributed by atoms with Crippen LogP contribution in [0.15, 0.2) is 54.7 Å². The summed E-state index contributed by atoms with van der Waals surface area (Å²) < 4.78 is 7.55. The Labute approximate surface area is 141 Å². The number of nitrogens with zero attached hydrogens (tertiary/aromatic N) is 2. The normalized spacial score (nSPS) is 15.9. The maximum absolute atomic E-state index is 9.72. The van der Waals surface area contributed by atoms with Gasteiger partial charge in [0, 0.05) is 36.9 Å². The molecule has 0 atom stereocenters. The van der Waals surface area contributed by atoms with Crippen LogP contribution in [-0.4, -0.2) is 40.7 Å². The van der Waals surface area contributed by atoms with E-state index in [1.165, 1.54) is 5.56 Å². The molecule has 1 N–H and O–H groups in total. The van der Waals surface area contributed by atoms with E-state index >= 15 is 0 Å². The van der Waals surface area contributed by atoms with E-state index in [-0.39, 0.29) is 6.61 Å². The van der Waals surface area contributed by atoms with Crippen molar-refractivity contribution >= 4 is 5.52 Å². The number of pyridine rings is 1. The van der Waals surface area contributed by atoms with Gasteiger partial charge in [0.2, 0.25) is 0 Å². The van der Waals surface area contributed by atoms with Crippen LogP contribution >= 0.6 is 0 Å². The quantitative estimate of drug-likeness (QED) is 0.802. The minimum atomic E-state index is 0.0482. The van der Waals surface area contributed by atoms with Crippen LogP contribution < -0.4 is 0 Å². The average molecular weight is 322 g/mol. The molecule has 1 saturated heterocycles. The summed E-state index contributed by atoms with van der Waals surface area (Å²) in [5.41, 5.74) is 5.59. The summed E-state index contributed by atoms with van der Waals surface area (Å²) >= 11 is 0. The second-order valence-corrected chi connectivity index (χ2v) is 6.26. The predicted octanol–water partition coefficient (Wildman–Crippen LogP) is 2.93. The van der Waals surface area contributed by atoms with Crippen LogP contribution in [0, 0.1) is 0 Å². The molecule has 4 rings (SSSR count). The van der Waals surface area contributed by atoms with Gasteiger partial charge < -0.3 is 14.2 Å². The number of hydrogen-bond donors (Lipinski definition) is 1. The minimum Gasteiger partial charge on any atom is -0.392 e. The first-order chi connectivity index (χ1) is 11.8. The molecule has 3 heterocycles. The molecule has 0 radical (unpaired) electrons. The molecule has 4 nitrogen and oxygen atoms in total. The molecule has 0 bridgehead atoms. The van der Waals surface area contributed by atoms with Gasteiger partial charge in [-0.05, 0) is 29.3 Å². The van der Waals surface area contributed by atoms with Crippen LogP contribution in [0.4, 0.5) is 0 Å². The van der Waals surface area contributed by atoms with Gasteiger partial charge >= 0.3 is 0 Å². The van der Waals surface area contributed by atoms with E-state index in [4.69, 9.17) is 4.74 Å². The van der Waals surface area contributed by atoms with Crippen LogP contribution in [0.2, 0.25) is 0 Å². The van der Waals surface area contributed by atoms with Gasteiger partial charge in [-0.25, -0.2) is 0 Å². The molecule has 24 heavy (non-hydrogen) atoms. The van der Waals surface area contributed by atoms with Gasteiger partial charge in [0.15, 0.2) is 0 Å². The molecule has 4 heteroatoms. The van der Waals surface area contributed by atoms with E-state index in [0.717, 1.165) is 55.2 Å². The van der Waals surface area contributed by atoms with Crippen LogP contribution in [0.5, 0.6) is 0 Å². The molecule has 1 aliphatic heterocycles. The van der Waals surface area contributed by atoms with Crippen molar-refractivity contribution in [3.8, 4) is 11.3 Å². The van der Waals surface area contributed by atoms with Crippen LogP contribution in [0.1, 0.15) is 11.1 Å². The number of aliphatic hydroxyl groups excluding tert-OH is 1. The smallest absolute Gasteiger partial charge is 0.0703 e. The fourth-order valence-corrected chi connectivity index (χ4v) is 3.41. The monoisotopic (exact) mass is 322 g/mol. The topological polar surface area (TPSA) is 37.1 Å². The standard InChI is InChI=1S/C20H22N2O2/c23-15-18-13-19-3-1-2-8-22(19)20(18)17-6-4-16(5-7-17)14-21-9-11-24-12-10-21/h1-8,13,23H,9-12,14-15H2. The summed E-state index contributed by atoms with van der Waals surface area (Å²) in [5.74, 6) is 0. The Hall–Kier alpha value is -2.14. The largest absolute Gasteiger partial charge is 0.392 e. The highest BCUT2D eigenvalue weighted by atomic mass is 16.5. The fourth-order valence-electron chi connectivity index (χ4n) is 3.41. The maximum Gasteiger partial charge on any atom is 0.0703 e. The third-order valence-corrected chi connectivity index (χ3v) is 4.67. The number of benzene rings is 1. The zero-order chi connectivity index (χ0) is 16.4. The second-order valence-electron chi connectivity index (χ2n) is 6.26. The predicted molar refractivity (Wildman–Crippen MR) is 94.9 cm³/mol. The third kappa shape index (κ3) is 2.96. The SMILES string of the molecule is OCc1cc2ccccn2c1-c1ccc(CN2CCOCC2)cc1. The van der Waals surface area contributed by atoms with Crippen molar-refractivity contribution in [2.45, 2.75) is 13.2 Å². The summed E-state index contributed by atoms with van der Waals surface area (Å²) in [4.78, 5) is 2.42. The van der Waals surface area contributed by atoms with Crippen molar-refractivity contribution in [1.82, 2.24) is 9.30 Å². The van der Waals surface area contributed by atoms with Gasteiger partial charge in [-0.1, -0.05) is 30.3 Å². The zero-order valence-electron chi connectivity index (χ0n) is 13.7. The van der Waals surface area contributed by atoms with Crippen molar-refractivity contribution < 1.29 is 9.84 Å². The Morgan fingerprint density at radius 3 is 2.54 bits per heavy atom. The van der Waals surface area contributed by atoms with E-state index < -0.39 is 0 Å². The van der Waals surface area contributed by atoms with Crippen molar-refractivity contribution in [3.63, 3.8) is 0 Å². The van der Waals surface area contributed by atoms with Gasteiger partial charge in [0.05, 0.1) is 25.5 Å². The van der Waals surface area contributed by atoms with Crippen LogP contribution in [0.25, 0.3) is 16.8 Å². The molecule has 0 spiro atoms. The van der Waals surface area contributed by atoms with Crippen molar-refractivity contribution in [1.29, 1.82) is 0 Å². The summed E-state index contributed by atoms with van der Waals surface area (Å²) in [6.45, 7) is 4.67. The van der Waals surface area contributed by atoms with Gasteiger partial charge in [-0.2, -0.15) is 0 Å². The Kier molecular flexibility index (Phi) is 4.34. The first-order valence-corrected chi connectivity index (χ1v) is 8.44. The molecule has 1 fully saturated rings. The molecule has 2 aromatic heterocycles. The maximum atomic E-state index is 9.72. The molecular formula is C20H22N2O2. The number of morpholine rings is 1. The van der Waals surface area contributed by atoms with E-state index in [0.29, 0.717) is 0 Å². The highest BCUT2D eigenvalue weighted by Crippen LogP contribution is 2.28. The molecular weight excluding hydrogens is 300 g/mol. The number of aliphatic hydroxyl groups is 1. The Balaban J connectivity index is 1.63.